The molecule has 2 aromatic carbocycles. The van der Waals surface area contributed by atoms with E-state index in [0.29, 0.717) is 34.9 Å². The highest BCUT2D eigenvalue weighted by Gasteiger charge is 2.32. The number of benzene rings is 2. The molecule has 0 saturated carbocycles. The van der Waals surface area contributed by atoms with Crippen LogP contribution in [0.3, 0.4) is 0 Å². The normalized spacial score (nSPS) is 15.6. The van der Waals surface area contributed by atoms with E-state index >= 15 is 0 Å². The zero-order chi connectivity index (χ0) is 26.1. The SMILES string of the molecule is NC(=O)c1ccc(Cl)cc1Cc1ccc(S(=O)(=O)N2CCC(Nc3cccc(S(N)(=O)=O)c3)CC2)o1. The Hall–Kier alpha value is -2.90. The topological polar surface area (TPSA) is 166 Å². The van der Waals surface area contributed by atoms with E-state index in [4.69, 9.17) is 26.9 Å². The lowest BCUT2D eigenvalue weighted by atomic mass is 10.0. The van der Waals surface area contributed by atoms with Crippen molar-refractivity contribution in [2.75, 3.05) is 18.4 Å². The number of sulfonamides is 2. The molecule has 2 heterocycles. The molecule has 1 fully saturated rings. The molecule has 1 aliphatic heterocycles. The average Bonchev–Trinajstić information content (AvgIpc) is 3.28. The lowest BCUT2D eigenvalue weighted by molar-refractivity contribution is 0.0999. The molecule has 3 aromatic rings. The van der Waals surface area contributed by atoms with E-state index in [-0.39, 0.29) is 41.1 Å². The first-order valence-corrected chi connectivity index (χ1v) is 14.4. The second-order valence-corrected chi connectivity index (χ2v) is 12.3. The molecule has 1 amide bonds. The first-order chi connectivity index (χ1) is 16.9. The summed E-state index contributed by atoms with van der Waals surface area (Å²) in [7, 11) is -7.68. The van der Waals surface area contributed by atoms with Crippen LogP contribution in [0.25, 0.3) is 0 Å². The average molecular weight is 553 g/mol. The van der Waals surface area contributed by atoms with Crippen molar-refractivity contribution in [3.8, 4) is 0 Å². The standard InChI is InChI=1S/C23H25ClN4O6S2/c24-16-4-6-21(23(25)29)15(12-16)13-19-5-7-22(34-19)36(32,33)28-10-8-17(9-11-28)27-18-2-1-3-20(14-18)35(26,30)31/h1-7,12,14,17,27H,8-11,13H2,(H2,25,29)(H2,26,30,31). The summed E-state index contributed by atoms with van der Waals surface area (Å²) in [4.78, 5) is 11.7. The fourth-order valence-electron chi connectivity index (χ4n) is 4.09. The Morgan fingerprint density at radius 3 is 2.44 bits per heavy atom. The molecule has 1 saturated heterocycles. The number of nitrogens with two attached hydrogens (primary N) is 2. The second-order valence-electron chi connectivity index (χ2n) is 8.46. The maximum atomic E-state index is 13.1. The third kappa shape index (κ3) is 5.90. The highest BCUT2D eigenvalue weighted by atomic mass is 35.5. The van der Waals surface area contributed by atoms with Gasteiger partial charge in [0.05, 0.1) is 4.90 Å². The van der Waals surface area contributed by atoms with Crippen LogP contribution in [0.15, 0.2) is 69.0 Å². The molecule has 13 heteroatoms. The van der Waals surface area contributed by atoms with Crippen molar-refractivity contribution in [1.82, 2.24) is 4.31 Å². The maximum absolute atomic E-state index is 13.1. The van der Waals surface area contributed by atoms with Crippen LogP contribution in [0.2, 0.25) is 5.02 Å². The van der Waals surface area contributed by atoms with Gasteiger partial charge in [0.15, 0.2) is 0 Å². The Kier molecular flexibility index (Phi) is 7.43. The molecule has 0 unspecified atom stereocenters. The summed E-state index contributed by atoms with van der Waals surface area (Å²) in [5.41, 5.74) is 6.83. The summed E-state index contributed by atoms with van der Waals surface area (Å²) in [6.45, 7) is 0.510. The minimum atomic E-state index is -3.87. The molecule has 1 aromatic heterocycles. The van der Waals surface area contributed by atoms with Crippen molar-refractivity contribution in [3.05, 3.63) is 76.5 Å². The number of carbonyl (C=O) groups is 1. The van der Waals surface area contributed by atoms with Crippen LogP contribution < -0.4 is 16.2 Å². The van der Waals surface area contributed by atoms with E-state index < -0.39 is 26.0 Å². The summed E-state index contributed by atoms with van der Waals surface area (Å²) in [6, 6.07) is 13.7. The van der Waals surface area contributed by atoms with Gasteiger partial charge < -0.3 is 15.5 Å². The number of anilines is 1. The van der Waals surface area contributed by atoms with Gasteiger partial charge in [0.2, 0.25) is 21.0 Å². The maximum Gasteiger partial charge on any atom is 0.276 e. The number of primary amides is 1. The van der Waals surface area contributed by atoms with E-state index in [1.165, 1.54) is 28.6 Å². The number of hydrogen-bond donors (Lipinski definition) is 3. The number of nitrogens with one attached hydrogen (secondary N) is 1. The Labute approximate surface area is 214 Å². The molecule has 0 atom stereocenters. The molecular formula is C23H25ClN4O6S2. The number of hydrogen-bond acceptors (Lipinski definition) is 7. The van der Waals surface area contributed by atoms with Gasteiger partial charge in [0.1, 0.15) is 5.76 Å². The van der Waals surface area contributed by atoms with Crippen molar-refractivity contribution in [1.29, 1.82) is 0 Å². The number of amides is 1. The third-order valence-electron chi connectivity index (χ3n) is 5.92. The van der Waals surface area contributed by atoms with Crippen LogP contribution in [0.4, 0.5) is 5.69 Å². The molecule has 36 heavy (non-hydrogen) atoms. The number of piperidine rings is 1. The Morgan fingerprint density at radius 2 is 1.78 bits per heavy atom. The highest BCUT2D eigenvalue weighted by Crippen LogP contribution is 2.27. The third-order valence-corrected chi connectivity index (χ3v) is 8.83. The van der Waals surface area contributed by atoms with Crippen LogP contribution in [-0.2, 0) is 26.5 Å². The monoisotopic (exact) mass is 552 g/mol. The van der Waals surface area contributed by atoms with Gasteiger partial charge in [0.25, 0.3) is 10.0 Å². The molecule has 4 rings (SSSR count). The number of furan rings is 1. The molecule has 0 aliphatic carbocycles. The van der Waals surface area contributed by atoms with Crippen LogP contribution >= 0.6 is 11.6 Å². The van der Waals surface area contributed by atoms with E-state index in [2.05, 4.69) is 5.32 Å². The molecule has 1 aliphatic rings. The number of nitrogens with zero attached hydrogens (tertiary/aromatic N) is 1. The Morgan fingerprint density at radius 1 is 1.06 bits per heavy atom. The van der Waals surface area contributed by atoms with Gasteiger partial charge in [-0.25, -0.2) is 22.0 Å². The smallest absolute Gasteiger partial charge is 0.276 e. The number of primary sulfonamides is 1. The minimum Gasteiger partial charge on any atom is -0.448 e. The molecule has 0 radical (unpaired) electrons. The van der Waals surface area contributed by atoms with Crippen molar-refractivity contribution >= 4 is 43.2 Å². The van der Waals surface area contributed by atoms with Crippen molar-refractivity contribution < 1.29 is 26.0 Å². The second kappa shape index (κ2) is 10.2. The van der Waals surface area contributed by atoms with E-state index in [1.54, 1.807) is 30.3 Å². The molecule has 0 spiro atoms. The molecule has 0 bridgehead atoms. The predicted molar refractivity (Wildman–Crippen MR) is 135 cm³/mol. The summed E-state index contributed by atoms with van der Waals surface area (Å²) < 4.78 is 56.4. The summed E-state index contributed by atoms with van der Waals surface area (Å²) >= 11 is 6.03. The van der Waals surface area contributed by atoms with Gasteiger partial charge in [-0.3, -0.25) is 4.79 Å². The quantitative estimate of drug-likeness (QED) is 0.386. The summed E-state index contributed by atoms with van der Waals surface area (Å²) in [5, 5.41) is 8.66. The first-order valence-electron chi connectivity index (χ1n) is 11.0. The van der Waals surface area contributed by atoms with E-state index in [9.17, 15) is 21.6 Å². The first kappa shape index (κ1) is 26.2. The van der Waals surface area contributed by atoms with Gasteiger partial charge in [-0.15, -0.1) is 0 Å². The molecular weight excluding hydrogens is 528 g/mol. The van der Waals surface area contributed by atoms with Crippen molar-refractivity contribution in [2.45, 2.75) is 35.3 Å². The fraction of sp³-hybridized carbons (Fsp3) is 0.261. The van der Waals surface area contributed by atoms with Crippen LogP contribution in [0.5, 0.6) is 0 Å². The van der Waals surface area contributed by atoms with E-state index in [1.807, 2.05) is 0 Å². The van der Waals surface area contributed by atoms with Crippen LogP contribution in [-0.4, -0.2) is 46.2 Å². The fourth-order valence-corrected chi connectivity index (χ4v) is 6.25. The van der Waals surface area contributed by atoms with Gasteiger partial charge in [0, 0.05) is 41.8 Å². The van der Waals surface area contributed by atoms with Crippen molar-refractivity contribution in [2.24, 2.45) is 10.9 Å². The van der Waals surface area contributed by atoms with Gasteiger partial charge in [-0.2, -0.15) is 4.31 Å². The Balaban J connectivity index is 1.41. The summed E-state index contributed by atoms with van der Waals surface area (Å²) in [5.74, 6) is -0.265. The van der Waals surface area contributed by atoms with E-state index in [0.717, 1.165) is 0 Å². The van der Waals surface area contributed by atoms with Crippen molar-refractivity contribution in [3.63, 3.8) is 0 Å². The lowest BCUT2D eigenvalue weighted by Crippen LogP contribution is -2.42. The lowest BCUT2D eigenvalue weighted by Gasteiger charge is -2.31. The molecule has 192 valence electrons. The molecule has 10 nitrogen and oxygen atoms in total. The Bertz CT molecular complexity index is 1500. The number of carbonyl (C=O) groups excluding carboxylic acids is 1. The van der Waals surface area contributed by atoms with Crippen LogP contribution in [0.1, 0.15) is 34.5 Å². The number of rotatable bonds is 8. The minimum absolute atomic E-state index is 0.00172. The largest absolute Gasteiger partial charge is 0.448 e. The van der Waals surface area contributed by atoms with Gasteiger partial charge in [-0.05, 0) is 66.9 Å². The van der Waals surface area contributed by atoms with Gasteiger partial charge in [-0.1, -0.05) is 17.7 Å². The molecule has 5 N–H and O–H groups in total. The van der Waals surface area contributed by atoms with Gasteiger partial charge >= 0.3 is 0 Å². The zero-order valence-corrected chi connectivity index (χ0v) is 21.4. The number of halogens is 1. The zero-order valence-electron chi connectivity index (χ0n) is 19.1. The predicted octanol–water partition coefficient (Wildman–Crippen LogP) is 2.54. The van der Waals surface area contributed by atoms with Crippen LogP contribution in [0, 0.1) is 0 Å². The highest BCUT2D eigenvalue weighted by molar-refractivity contribution is 7.89. The summed E-state index contributed by atoms with van der Waals surface area (Å²) in [6.07, 6.45) is 1.17.